The van der Waals surface area contributed by atoms with Gasteiger partial charge in [0.25, 0.3) is 5.56 Å². The number of nitrogens with zero attached hydrogens (tertiary/aromatic N) is 2. The number of carbonyl (C=O) groups excluding carboxylic acids is 1. The highest BCUT2D eigenvalue weighted by Gasteiger charge is 2.09. The van der Waals surface area contributed by atoms with E-state index >= 15 is 0 Å². The Hall–Kier alpha value is -2.38. The van der Waals surface area contributed by atoms with Crippen LogP contribution >= 0.6 is 0 Å². The van der Waals surface area contributed by atoms with E-state index in [0.29, 0.717) is 6.42 Å². The third-order valence-electron chi connectivity index (χ3n) is 2.47. The predicted molar refractivity (Wildman–Crippen MR) is 69.2 cm³/mol. The number of rotatable bonds is 5. The molecule has 0 unspecified atom stereocenters. The molecule has 19 heavy (non-hydrogen) atoms. The summed E-state index contributed by atoms with van der Waals surface area (Å²) >= 11 is 0. The lowest BCUT2D eigenvalue weighted by molar-refractivity contribution is -0.121. The summed E-state index contributed by atoms with van der Waals surface area (Å²) in [4.78, 5) is 35.8. The predicted octanol–water partition coefficient (Wildman–Crippen LogP) is -0.581. The molecule has 8 heteroatoms. The Bertz CT molecular complexity index is 600. The van der Waals surface area contributed by atoms with Gasteiger partial charge in [-0.05, 0) is 6.42 Å². The zero-order valence-electron chi connectivity index (χ0n) is 10.8. The quantitative estimate of drug-likeness (QED) is 0.489. The number of carbonyl (C=O) groups is 1. The molecular weight excluding hydrogens is 252 g/mol. The summed E-state index contributed by atoms with van der Waals surface area (Å²) in [7, 11) is 1.30. The first-order valence-corrected chi connectivity index (χ1v) is 5.81. The largest absolute Gasteiger partial charge is 0.494 e. The number of aromatic nitrogens is 2. The van der Waals surface area contributed by atoms with Crippen LogP contribution in [0, 0.1) is 0 Å². The lowest BCUT2D eigenvalue weighted by Gasteiger charge is -2.03. The minimum atomic E-state index is -0.771. The molecule has 3 N–H and O–H groups in total. The molecule has 1 amide bonds. The molecular formula is C11H16N4O4. The molecule has 0 aromatic carbocycles. The average molecular weight is 268 g/mol. The van der Waals surface area contributed by atoms with Gasteiger partial charge in [0.05, 0.1) is 6.21 Å². The molecule has 1 aromatic heterocycles. The summed E-state index contributed by atoms with van der Waals surface area (Å²) in [5.41, 5.74) is 0.536. The number of hydrogen-bond donors (Lipinski definition) is 3. The average Bonchev–Trinajstić information content (AvgIpc) is 2.37. The van der Waals surface area contributed by atoms with Crippen LogP contribution in [0.3, 0.4) is 0 Å². The summed E-state index contributed by atoms with van der Waals surface area (Å²) in [6, 6.07) is 0. The fourth-order valence-corrected chi connectivity index (χ4v) is 1.31. The van der Waals surface area contributed by atoms with Gasteiger partial charge < -0.3 is 5.11 Å². The van der Waals surface area contributed by atoms with Gasteiger partial charge in [-0.25, -0.2) is 10.2 Å². The topological polar surface area (TPSA) is 117 Å². The Morgan fingerprint density at radius 2 is 2.21 bits per heavy atom. The lowest BCUT2D eigenvalue weighted by atomic mass is 10.2. The summed E-state index contributed by atoms with van der Waals surface area (Å²) < 4.78 is 0.863. The number of hydrazone groups is 1. The molecule has 0 aliphatic rings. The monoisotopic (exact) mass is 268 g/mol. The number of hydrogen-bond acceptors (Lipinski definition) is 5. The number of amides is 1. The van der Waals surface area contributed by atoms with E-state index < -0.39 is 17.1 Å². The van der Waals surface area contributed by atoms with Crippen molar-refractivity contribution >= 4 is 12.1 Å². The minimum absolute atomic E-state index is 0.196. The SMILES string of the molecule is CCCCC(=O)N/N=C/c1c(O)n(C)c(=O)[nH]c1=O. The van der Waals surface area contributed by atoms with Crippen molar-refractivity contribution in [1.82, 2.24) is 15.0 Å². The van der Waals surface area contributed by atoms with E-state index in [1.807, 2.05) is 11.9 Å². The van der Waals surface area contributed by atoms with Crippen molar-refractivity contribution in [2.24, 2.45) is 12.1 Å². The van der Waals surface area contributed by atoms with Crippen LogP contribution < -0.4 is 16.7 Å². The van der Waals surface area contributed by atoms with Gasteiger partial charge >= 0.3 is 5.69 Å². The maximum atomic E-state index is 11.4. The molecule has 1 heterocycles. The molecule has 8 nitrogen and oxygen atoms in total. The molecule has 0 fully saturated rings. The summed E-state index contributed by atoms with van der Waals surface area (Å²) in [5, 5.41) is 13.2. The number of H-pyrrole nitrogens is 1. The van der Waals surface area contributed by atoms with Gasteiger partial charge in [-0.1, -0.05) is 13.3 Å². The van der Waals surface area contributed by atoms with Crippen molar-refractivity contribution in [2.75, 3.05) is 0 Å². The molecule has 0 atom stereocenters. The van der Waals surface area contributed by atoms with Crippen molar-refractivity contribution in [2.45, 2.75) is 26.2 Å². The number of nitrogens with one attached hydrogen (secondary N) is 2. The lowest BCUT2D eigenvalue weighted by Crippen LogP contribution is -2.30. The normalized spacial score (nSPS) is 10.8. The maximum absolute atomic E-state index is 11.4. The Kier molecular flexibility index (Phi) is 5.04. The van der Waals surface area contributed by atoms with Gasteiger partial charge in [-0.15, -0.1) is 0 Å². The van der Waals surface area contributed by atoms with Crippen LogP contribution in [0.25, 0.3) is 0 Å². The van der Waals surface area contributed by atoms with Gasteiger partial charge in [0.15, 0.2) is 0 Å². The molecule has 104 valence electrons. The fraction of sp³-hybridized carbons (Fsp3) is 0.455. The fourth-order valence-electron chi connectivity index (χ4n) is 1.31. The summed E-state index contributed by atoms with van der Waals surface area (Å²) in [6.07, 6.45) is 2.96. The molecule has 0 spiro atoms. The third-order valence-corrected chi connectivity index (χ3v) is 2.47. The van der Waals surface area contributed by atoms with Crippen LogP contribution in [0.4, 0.5) is 0 Å². The third kappa shape index (κ3) is 3.80. The van der Waals surface area contributed by atoms with E-state index in [1.54, 1.807) is 0 Å². The van der Waals surface area contributed by atoms with Crippen molar-refractivity contribution in [3.05, 3.63) is 26.4 Å². The number of unbranched alkanes of at least 4 members (excludes halogenated alkanes) is 1. The second kappa shape index (κ2) is 6.53. The van der Waals surface area contributed by atoms with E-state index in [1.165, 1.54) is 7.05 Å². The number of aromatic hydroxyl groups is 1. The van der Waals surface area contributed by atoms with Crippen LogP contribution in [0.5, 0.6) is 5.88 Å². The highest BCUT2D eigenvalue weighted by molar-refractivity contribution is 5.83. The Morgan fingerprint density at radius 1 is 1.53 bits per heavy atom. The zero-order chi connectivity index (χ0) is 14.4. The van der Waals surface area contributed by atoms with Crippen molar-refractivity contribution in [3.63, 3.8) is 0 Å². The summed E-state index contributed by atoms with van der Waals surface area (Å²) in [5.74, 6) is -0.792. The van der Waals surface area contributed by atoms with Gasteiger partial charge in [0.1, 0.15) is 5.56 Å². The Labute approximate surface area is 108 Å². The van der Waals surface area contributed by atoms with Crippen LogP contribution in [0.1, 0.15) is 31.7 Å². The van der Waals surface area contributed by atoms with Gasteiger partial charge in [-0.3, -0.25) is 19.1 Å². The molecule has 0 radical (unpaired) electrons. The van der Waals surface area contributed by atoms with Gasteiger partial charge in [0.2, 0.25) is 11.8 Å². The molecule has 0 aliphatic heterocycles. The van der Waals surface area contributed by atoms with Crippen LogP contribution in [-0.2, 0) is 11.8 Å². The van der Waals surface area contributed by atoms with E-state index in [4.69, 9.17) is 0 Å². The smallest absolute Gasteiger partial charge is 0.330 e. The van der Waals surface area contributed by atoms with E-state index in [0.717, 1.165) is 23.6 Å². The van der Waals surface area contributed by atoms with Crippen molar-refractivity contribution in [3.8, 4) is 5.88 Å². The molecule has 0 bridgehead atoms. The molecule has 0 aliphatic carbocycles. The highest BCUT2D eigenvalue weighted by Crippen LogP contribution is 2.04. The van der Waals surface area contributed by atoms with Gasteiger partial charge in [-0.2, -0.15) is 5.10 Å². The standard InChI is InChI=1S/C11H16N4O4/c1-3-4-5-8(16)14-12-6-7-9(17)13-11(19)15(2)10(7)18/h6,18H,3-5H2,1-2H3,(H,14,16)(H,13,17,19)/b12-6+. The molecule has 1 aromatic rings. The highest BCUT2D eigenvalue weighted by atomic mass is 16.3. The Morgan fingerprint density at radius 3 is 2.84 bits per heavy atom. The van der Waals surface area contributed by atoms with Gasteiger partial charge in [0, 0.05) is 13.5 Å². The Balaban J connectivity index is 2.84. The van der Waals surface area contributed by atoms with E-state index in [9.17, 15) is 19.5 Å². The zero-order valence-corrected chi connectivity index (χ0v) is 10.8. The van der Waals surface area contributed by atoms with Crippen LogP contribution in [-0.4, -0.2) is 26.8 Å². The second-order valence-corrected chi connectivity index (χ2v) is 3.95. The van der Waals surface area contributed by atoms with E-state index in [-0.39, 0.29) is 11.5 Å². The molecule has 1 rings (SSSR count). The molecule has 0 saturated carbocycles. The minimum Gasteiger partial charge on any atom is -0.494 e. The first kappa shape index (κ1) is 14.7. The molecule has 0 saturated heterocycles. The first-order chi connectivity index (χ1) is 8.97. The summed E-state index contributed by atoms with van der Waals surface area (Å²) in [6.45, 7) is 1.96. The first-order valence-electron chi connectivity index (χ1n) is 5.81. The number of aromatic amines is 1. The van der Waals surface area contributed by atoms with E-state index in [2.05, 4.69) is 10.5 Å². The maximum Gasteiger partial charge on any atom is 0.330 e. The van der Waals surface area contributed by atoms with Crippen molar-refractivity contribution in [1.29, 1.82) is 0 Å². The van der Waals surface area contributed by atoms with Crippen LogP contribution in [0.15, 0.2) is 14.7 Å². The van der Waals surface area contributed by atoms with Crippen molar-refractivity contribution < 1.29 is 9.90 Å². The second-order valence-electron chi connectivity index (χ2n) is 3.95. The van der Waals surface area contributed by atoms with Crippen LogP contribution in [0.2, 0.25) is 0 Å².